The highest BCUT2D eigenvalue weighted by Crippen LogP contribution is 2.51. The van der Waals surface area contributed by atoms with Crippen molar-refractivity contribution in [3.8, 4) is 23.0 Å². The molecule has 5 heteroatoms. The van der Waals surface area contributed by atoms with Crippen molar-refractivity contribution in [3.63, 3.8) is 0 Å². The number of fused-ring (bicyclic) bond motifs is 1. The maximum atomic E-state index is 12.2. The molecule has 0 aliphatic rings. The van der Waals surface area contributed by atoms with Crippen molar-refractivity contribution in [1.82, 2.24) is 0 Å². The molecule has 32 heavy (non-hydrogen) atoms. The Morgan fingerprint density at radius 1 is 0.844 bits per heavy atom. The molecular formula is C27H32O5. The number of rotatable bonds is 10. The lowest BCUT2D eigenvalue weighted by Gasteiger charge is -2.23. The minimum Gasteiger partial charge on any atom is -0.490 e. The number of benzene rings is 3. The average molecular weight is 437 g/mol. The zero-order chi connectivity index (χ0) is 23.1. The molecule has 3 rings (SSSR count). The quantitative estimate of drug-likeness (QED) is 0.275. The summed E-state index contributed by atoms with van der Waals surface area (Å²) in [4.78, 5) is 12.2. The Labute approximate surface area is 190 Å². The van der Waals surface area contributed by atoms with Crippen molar-refractivity contribution >= 4 is 16.7 Å². The van der Waals surface area contributed by atoms with Gasteiger partial charge in [-0.3, -0.25) is 4.79 Å². The van der Waals surface area contributed by atoms with E-state index in [4.69, 9.17) is 18.9 Å². The number of methoxy groups -OCH3 is 2. The van der Waals surface area contributed by atoms with E-state index in [1.54, 1.807) is 14.0 Å². The fourth-order valence-electron chi connectivity index (χ4n) is 3.81. The molecule has 0 aromatic heterocycles. The predicted octanol–water partition coefficient (Wildman–Crippen LogP) is 6.33. The maximum Gasteiger partial charge on any atom is 0.311 e. The summed E-state index contributed by atoms with van der Waals surface area (Å²) in [6, 6.07) is 16.4. The number of carbonyl (C=O) groups excluding carboxylic acids is 1. The molecule has 0 radical (unpaired) electrons. The van der Waals surface area contributed by atoms with Crippen LogP contribution < -0.4 is 18.9 Å². The van der Waals surface area contributed by atoms with Crippen LogP contribution in [0, 0.1) is 0 Å². The van der Waals surface area contributed by atoms with Crippen LogP contribution >= 0.6 is 0 Å². The van der Waals surface area contributed by atoms with Gasteiger partial charge in [-0.25, -0.2) is 0 Å². The van der Waals surface area contributed by atoms with Crippen molar-refractivity contribution in [1.29, 1.82) is 0 Å². The van der Waals surface area contributed by atoms with Crippen LogP contribution in [0.25, 0.3) is 10.8 Å². The lowest BCUT2D eigenvalue weighted by Crippen LogP contribution is -2.13. The Hall–Kier alpha value is -3.21. The van der Waals surface area contributed by atoms with Gasteiger partial charge in [0.2, 0.25) is 11.5 Å². The van der Waals surface area contributed by atoms with Crippen LogP contribution in [-0.4, -0.2) is 26.3 Å². The smallest absolute Gasteiger partial charge is 0.311 e. The Bertz CT molecular complexity index is 1060. The summed E-state index contributed by atoms with van der Waals surface area (Å²) < 4.78 is 23.5. The fourth-order valence-corrected chi connectivity index (χ4v) is 3.81. The Morgan fingerprint density at radius 3 is 2.16 bits per heavy atom. The van der Waals surface area contributed by atoms with Crippen LogP contribution in [0.3, 0.4) is 0 Å². The van der Waals surface area contributed by atoms with Gasteiger partial charge in [0.15, 0.2) is 11.5 Å². The molecule has 0 N–H and O–H groups in total. The van der Waals surface area contributed by atoms with Crippen LogP contribution in [0.15, 0.2) is 48.5 Å². The van der Waals surface area contributed by atoms with Gasteiger partial charge in [0, 0.05) is 17.2 Å². The Morgan fingerprint density at radius 2 is 1.53 bits per heavy atom. The maximum absolute atomic E-state index is 12.2. The van der Waals surface area contributed by atoms with Crippen molar-refractivity contribution in [2.45, 2.75) is 52.6 Å². The third-order valence-electron chi connectivity index (χ3n) is 5.37. The molecule has 0 fully saturated rings. The van der Waals surface area contributed by atoms with Crippen LogP contribution in [0.2, 0.25) is 0 Å². The molecule has 3 aromatic carbocycles. The van der Waals surface area contributed by atoms with Crippen molar-refractivity contribution in [2.24, 2.45) is 0 Å². The van der Waals surface area contributed by atoms with E-state index in [0.29, 0.717) is 23.0 Å². The van der Waals surface area contributed by atoms with E-state index in [0.717, 1.165) is 35.6 Å². The van der Waals surface area contributed by atoms with E-state index in [2.05, 4.69) is 25.1 Å². The van der Waals surface area contributed by atoms with Gasteiger partial charge in [0.05, 0.1) is 20.3 Å². The average Bonchev–Trinajstić information content (AvgIpc) is 2.80. The third kappa shape index (κ3) is 5.16. The zero-order valence-electron chi connectivity index (χ0n) is 19.6. The summed E-state index contributed by atoms with van der Waals surface area (Å²) in [6.45, 7) is 5.93. The first-order valence-electron chi connectivity index (χ1n) is 11.1. The lowest BCUT2D eigenvalue weighted by atomic mass is 9.99. The minimum absolute atomic E-state index is 0.0105. The van der Waals surface area contributed by atoms with E-state index < -0.39 is 0 Å². The summed E-state index contributed by atoms with van der Waals surface area (Å²) in [6.07, 6.45) is 2.93. The van der Waals surface area contributed by atoms with Crippen LogP contribution in [-0.2, 0) is 11.2 Å². The van der Waals surface area contributed by atoms with E-state index in [1.807, 2.05) is 37.3 Å². The number of esters is 1. The van der Waals surface area contributed by atoms with Crippen LogP contribution in [0.4, 0.5) is 0 Å². The van der Waals surface area contributed by atoms with E-state index in [-0.39, 0.29) is 18.5 Å². The number of hydrogen-bond acceptors (Lipinski definition) is 5. The predicted molar refractivity (Wildman–Crippen MR) is 127 cm³/mol. The van der Waals surface area contributed by atoms with Gasteiger partial charge >= 0.3 is 5.97 Å². The highest BCUT2D eigenvalue weighted by Gasteiger charge is 2.26. The third-order valence-corrected chi connectivity index (χ3v) is 5.37. The van der Waals surface area contributed by atoms with Gasteiger partial charge in [0.1, 0.15) is 0 Å². The van der Waals surface area contributed by atoms with E-state index in [9.17, 15) is 4.79 Å². The Balaban J connectivity index is 2.23. The summed E-state index contributed by atoms with van der Waals surface area (Å²) in [5.41, 5.74) is 2.34. The molecule has 0 saturated heterocycles. The molecular weight excluding hydrogens is 404 g/mol. The van der Waals surface area contributed by atoms with Gasteiger partial charge in [-0.05, 0) is 37.0 Å². The molecule has 0 spiro atoms. The summed E-state index contributed by atoms with van der Waals surface area (Å²) in [7, 11) is 3.11. The summed E-state index contributed by atoms with van der Waals surface area (Å²) >= 11 is 0. The SMILES string of the molecule is CCCC(C)Oc1c(OC)c(OC)c(OC(=O)CC)c2ccc(Cc3ccccc3)cc12. The number of ether oxygens (including phenoxy) is 4. The highest BCUT2D eigenvalue weighted by atomic mass is 16.6. The lowest BCUT2D eigenvalue weighted by molar-refractivity contribution is -0.134. The summed E-state index contributed by atoms with van der Waals surface area (Å²) in [5, 5.41) is 1.58. The van der Waals surface area contributed by atoms with Crippen molar-refractivity contribution in [2.75, 3.05) is 14.2 Å². The molecule has 0 saturated carbocycles. The molecule has 0 amide bonds. The van der Waals surface area contributed by atoms with Gasteiger partial charge in [0.25, 0.3) is 0 Å². The minimum atomic E-state index is -0.340. The van der Waals surface area contributed by atoms with Gasteiger partial charge in [-0.1, -0.05) is 62.7 Å². The molecule has 0 heterocycles. The molecule has 3 aromatic rings. The molecule has 0 bridgehead atoms. The topological polar surface area (TPSA) is 54.0 Å². The highest BCUT2D eigenvalue weighted by molar-refractivity contribution is 6.00. The standard InChI is InChI=1S/C27H32O5/c1-6-11-18(3)31-25-22-17-20(16-19-12-9-8-10-13-19)14-15-21(22)24(32-23(28)7-2)26(29-4)27(25)30-5/h8-10,12-15,17-18H,6-7,11,16H2,1-5H3. The second kappa shape index (κ2) is 10.9. The first-order valence-corrected chi connectivity index (χ1v) is 11.1. The number of hydrogen-bond donors (Lipinski definition) is 0. The van der Waals surface area contributed by atoms with Crippen molar-refractivity contribution < 1.29 is 23.7 Å². The Kier molecular flexibility index (Phi) is 7.98. The van der Waals surface area contributed by atoms with Crippen LogP contribution in [0.5, 0.6) is 23.0 Å². The van der Waals surface area contributed by atoms with Gasteiger partial charge in [-0.2, -0.15) is 0 Å². The zero-order valence-corrected chi connectivity index (χ0v) is 19.6. The fraction of sp³-hybridized carbons (Fsp3) is 0.370. The molecule has 0 aliphatic heterocycles. The second-order valence-electron chi connectivity index (χ2n) is 7.81. The van der Waals surface area contributed by atoms with Gasteiger partial charge < -0.3 is 18.9 Å². The second-order valence-corrected chi connectivity index (χ2v) is 7.81. The molecule has 170 valence electrons. The van der Waals surface area contributed by atoms with Crippen molar-refractivity contribution in [3.05, 3.63) is 59.7 Å². The van der Waals surface area contributed by atoms with Crippen LogP contribution in [0.1, 0.15) is 51.2 Å². The normalized spacial score (nSPS) is 11.8. The molecule has 1 atom stereocenters. The molecule has 5 nitrogen and oxygen atoms in total. The molecule has 0 aliphatic carbocycles. The largest absolute Gasteiger partial charge is 0.490 e. The monoisotopic (exact) mass is 436 g/mol. The first-order chi connectivity index (χ1) is 15.5. The number of carbonyl (C=O) groups is 1. The van der Waals surface area contributed by atoms with E-state index >= 15 is 0 Å². The van der Waals surface area contributed by atoms with Gasteiger partial charge in [-0.15, -0.1) is 0 Å². The first kappa shape index (κ1) is 23.5. The summed E-state index contributed by atoms with van der Waals surface area (Å²) in [5.74, 6) is 1.41. The van der Waals surface area contributed by atoms with E-state index in [1.165, 1.54) is 12.7 Å². The molecule has 1 unspecified atom stereocenters.